The molecule has 0 radical (unpaired) electrons. The molecule has 118 valence electrons. The molecule has 0 amide bonds. The van der Waals surface area contributed by atoms with Gasteiger partial charge in [0.05, 0.1) is 28.7 Å². The first-order chi connectivity index (χ1) is 11.1. The van der Waals surface area contributed by atoms with Crippen molar-refractivity contribution in [3.8, 4) is 11.4 Å². The van der Waals surface area contributed by atoms with Crippen molar-refractivity contribution in [2.45, 2.75) is 20.3 Å². The molecule has 0 unspecified atom stereocenters. The van der Waals surface area contributed by atoms with Crippen LogP contribution in [0.15, 0.2) is 41.2 Å². The first kappa shape index (κ1) is 15.6. The van der Waals surface area contributed by atoms with Crippen LogP contribution >= 0.6 is 11.6 Å². The van der Waals surface area contributed by atoms with Crippen molar-refractivity contribution in [3.63, 3.8) is 0 Å². The van der Waals surface area contributed by atoms with E-state index in [1.54, 1.807) is 23.8 Å². The minimum atomic E-state index is -0.159. The summed E-state index contributed by atoms with van der Waals surface area (Å²) in [6, 6.07) is 11.0. The van der Waals surface area contributed by atoms with Gasteiger partial charge in [0, 0.05) is 12.0 Å². The summed E-state index contributed by atoms with van der Waals surface area (Å²) in [5.41, 5.74) is 2.12. The SMILES string of the molecule is CCc1nc2cccc(Cl)c2c(=O)n1-c1cccc(OC)c1C. The summed E-state index contributed by atoms with van der Waals surface area (Å²) in [5.74, 6) is 1.43. The maximum Gasteiger partial charge on any atom is 0.267 e. The van der Waals surface area contributed by atoms with Crippen LogP contribution in [0.25, 0.3) is 16.6 Å². The van der Waals surface area contributed by atoms with E-state index < -0.39 is 0 Å². The van der Waals surface area contributed by atoms with Gasteiger partial charge in [0.25, 0.3) is 5.56 Å². The monoisotopic (exact) mass is 328 g/mol. The molecule has 0 saturated heterocycles. The number of hydrogen-bond donors (Lipinski definition) is 0. The van der Waals surface area contributed by atoms with Gasteiger partial charge in [-0.3, -0.25) is 9.36 Å². The zero-order valence-electron chi connectivity index (χ0n) is 13.3. The first-order valence-corrected chi connectivity index (χ1v) is 7.80. The van der Waals surface area contributed by atoms with Crippen molar-refractivity contribution in [1.82, 2.24) is 9.55 Å². The fourth-order valence-electron chi connectivity index (χ4n) is 2.79. The summed E-state index contributed by atoms with van der Waals surface area (Å²) in [7, 11) is 1.62. The van der Waals surface area contributed by atoms with Gasteiger partial charge in [-0.05, 0) is 31.2 Å². The maximum atomic E-state index is 13.1. The van der Waals surface area contributed by atoms with E-state index in [-0.39, 0.29) is 5.56 Å². The molecule has 4 nitrogen and oxygen atoms in total. The Morgan fingerprint density at radius 1 is 1.22 bits per heavy atom. The molecule has 1 aromatic heterocycles. The van der Waals surface area contributed by atoms with E-state index in [1.165, 1.54) is 0 Å². The average molecular weight is 329 g/mol. The fourth-order valence-corrected chi connectivity index (χ4v) is 3.04. The van der Waals surface area contributed by atoms with Gasteiger partial charge in [0.2, 0.25) is 0 Å². The molecule has 0 fully saturated rings. The van der Waals surface area contributed by atoms with E-state index in [9.17, 15) is 4.79 Å². The Morgan fingerprint density at radius 2 is 1.96 bits per heavy atom. The molecule has 23 heavy (non-hydrogen) atoms. The van der Waals surface area contributed by atoms with Crippen LogP contribution in [0, 0.1) is 6.92 Å². The van der Waals surface area contributed by atoms with Gasteiger partial charge in [-0.15, -0.1) is 0 Å². The van der Waals surface area contributed by atoms with Crippen LogP contribution in [0.3, 0.4) is 0 Å². The molecular formula is C18H17ClN2O2. The van der Waals surface area contributed by atoms with Gasteiger partial charge >= 0.3 is 0 Å². The van der Waals surface area contributed by atoms with Crippen LogP contribution in [-0.4, -0.2) is 16.7 Å². The van der Waals surface area contributed by atoms with Crippen molar-refractivity contribution in [2.24, 2.45) is 0 Å². The number of nitrogens with zero attached hydrogens (tertiary/aromatic N) is 2. The number of halogens is 1. The number of fused-ring (bicyclic) bond motifs is 1. The minimum absolute atomic E-state index is 0.159. The van der Waals surface area contributed by atoms with Crippen LogP contribution in [0.2, 0.25) is 5.02 Å². The van der Waals surface area contributed by atoms with Gasteiger partial charge in [0.1, 0.15) is 11.6 Å². The Labute approximate surface area is 139 Å². The Bertz CT molecular complexity index is 948. The third-order valence-corrected chi connectivity index (χ3v) is 4.26. The predicted octanol–water partition coefficient (Wildman–Crippen LogP) is 3.92. The molecule has 0 N–H and O–H groups in total. The highest BCUT2D eigenvalue weighted by Gasteiger charge is 2.16. The van der Waals surface area contributed by atoms with Crippen LogP contribution < -0.4 is 10.3 Å². The Morgan fingerprint density at radius 3 is 2.65 bits per heavy atom. The minimum Gasteiger partial charge on any atom is -0.496 e. The number of ether oxygens (including phenoxy) is 1. The molecule has 3 aromatic rings. The first-order valence-electron chi connectivity index (χ1n) is 7.42. The third kappa shape index (κ3) is 2.49. The lowest BCUT2D eigenvalue weighted by molar-refractivity contribution is 0.411. The van der Waals surface area contributed by atoms with E-state index >= 15 is 0 Å². The summed E-state index contributed by atoms with van der Waals surface area (Å²) in [4.78, 5) is 17.7. The second-order valence-corrected chi connectivity index (χ2v) is 5.67. The van der Waals surface area contributed by atoms with Crippen LogP contribution in [0.5, 0.6) is 5.75 Å². The molecule has 0 saturated carbocycles. The number of hydrogen-bond acceptors (Lipinski definition) is 3. The molecule has 0 spiro atoms. The summed E-state index contributed by atoms with van der Waals surface area (Å²) in [5, 5.41) is 0.852. The molecule has 3 rings (SSSR count). The molecule has 0 atom stereocenters. The van der Waals surface area contributed by atoms with Crippen LogP contribution in [-0.2, 0) is 6.42 Å². The second kappa shape index (κ2) is 6.05. The number of aromatic nitrogens is 2. The largest absolute Gasteiger partial charge is 0.496 e. The molecule has 0 aliphatic rings. The molecule has 0 aliphatic carbocycles. The Kier molecular flexibility index (Phi) is 4.09. The van der Waals surface area contributed by atoms with Gasteiger partial charge in [0.15, 0.2) is 0 Å². The van der Waals surface area contributed by atoms with E-state index in [2.05, 4.69) is 4.98 Å². The second-order valence-electron chi connectivity index (χ2n) is 5.26. The summed E-state index contributed by atoms with van der Waals surface area (Å²) < 4.78 is 7.00. The molecule has 5 heteroatoms. The van der Waals surface area contributed by atoms with E-state index in [4.69, 9.17) is 16.3 Å². The highest BCUT2D eigenvalue weighted by Crippen LogP contribution is 2.26. The van der Waals surface area contributed by atoms with Crippen molar-refractivity contribution in [3.05, 3.63) is 63.2 Å². The lowest BCUT2D eigenvalue weighted by atomic mass is 10.1. The maximum absolute atomic E-state index is 13.1. The average Bonchev–Trinajstić information content (AvgIpc) is 2.55. The fraction of sp³-hybridized carbons (Fsp3) is 0.222. The van der Waals surface area contributed by atoms with Crippen LogP contribution in [0.1, 0.15) is 18.3 Å². The summed E-state index contributed by atoms with van der Waals surface area (Å²) in [6.07, 6.45) is 0.633. The quantitative estimate of drug-likeness (QED) is 0.732. The van der Waals surface area contributed by atoms with E-state index in [0.29, 0.717) is 28.2 Å². The standard InChI is InChI=1S/C18H17ClN2O2/c1-4-16-20-13-8-5-7-12(19)17(13)18(22)21(16)14-9-6-10-15(23-3)11(14)2/h5-10H,4H2,1-3H3. The van der Waals surface area contributed by atoms with Gasteiger partial charge in [-0.2, -0.15) is 0 Å². The zero-order valence-corrected chi connectivity index (χ0v) is 14.0. The Balaban J connectivity index is 2.44. The van der Waals surface area contributed by atoms with Gasteiger partial charge in [-0.1, -0.05) is 30.7 Å². The molecule has 1 heterocycles. The van der Waals surface area contributed by atoms with Crippen LogP contribution in [0.4, 0.5) is 0 Å². The predicted molar refractivity (Wildman–Crippen MR) is 93.0 cm³/mol. The number of aryl methyl sites for hydroxylation is 1. The lowest BCUT2D eigenvalue weighted by Gasteiger charge is -2.16. The molecule has 2 aromatic carbocycles. The highest BCUT2D eigenvalue weighted by molar-refractivity contribution is 6.35. The van der Waals surface area contributed by atoms with Crippen molar-refractivity contribution in [2.75, 3.05) is 7.11 Å². The van der Waals surface area contributed by atoms with Gasteiger partial charge < -0.3 is 4.74 Å². The number of rotatable bonds is 3. The zero-order chi connectivity index (χ0) is 16.6. The normalized spacial score (nSPS) is 11.0. The molecule has 0 aliphatic heterocycles. The van der Waals surface area contributed by atoms with Gasteiger partial charge in [-0.25, -0.2) is 4.98 Å². The van der Waals surface area contributed by atoms with Crippen molar-refractivity contribution >= 4 is 22.5 Å². The highest BCUT2D eigenvalue weighted by atomic mass is 35.5. The number of benzene rings is 2. The van der Waals surface area contributed by atoms with E-state index in [1.807, 2.05) is 38.1 Å². The summed E-state index contributed by atoms with van der Waals surface area (Å²) >= 11 is 6.24. The number of methoxy groups -OCH3 is 1. The smallest absolute Gasteiger partial charge is 0.267 e. The van der Waals surface area contributed by atoms with Crippen molar-refractivity contribution in [1.29, 1.82) is 0 Å². The Hall–Kier alpha value is -2.33. The topological polar surface area (TPSA) is 44.1 Å². The summed E-state index contributed by atoms with van der Waals surface area (Å²) in [6.45, 7) is 3.90. The van der Waals surface area contributed by atoms with E-state index in [0.717, 1.165) is 17.0 Å². The third-order valence-electron chi connectivity index (χ3n) is 3.95. The lowest BCUT2D eigenvalue weighted by Crippen LogP contribution is -2.24. The molecule has 0 bridgehead atoms. The van der Waals surface area contributed by atoms with Crippen molar-refractivity contribution < 1.29 is 4.74 Å². The molecular weight excluding hydrogens is 312 g/mol.